The van der Waals surface area contributed by atoms with E-state index in [1.165, 1.54) is 75.6 Å². The highest BCUT2D eigenvalue weighted by atomic mass is 32.1. The summed E-state index contributed by atoms with van der Waals surface area (Å²) in [7, 11) is 0. The summed E-state index contributed by atoms with van der Waals surface area (Å²) in [5.74, 6) is 3.82. The van der Waals surface area contributed by atoms with Crippen molar-refractivity contribution in [1.29, 1.82) is 0 Å². The van der Waals surface area contributed by atoms with Crippen molar-refractivity contribution in [3.63, 3.8) is 0 Å². The molecule has 0 saturated carbocycles. The molecule has 8 heterocycles. The molecular weight excluding hydrogens is 1500 g/mol. The Balaban J connectivity index is 0.000000424. The fourth-order valence-electron chi connectivity index (χ4n) is 15.2. The average molecular weight is 1640 g/mol. The molecular formula is C91H137F9O3S6. The van der Waals surface area contributed by atoms with E-state index in [1.54, 1.807) is 89.8 Å². The fraction of sp³-hybridized carbons (Fsp3) is 0.626. The molecule has 0 radical (unpaired) electrons. The van der Waals surface area contributed by atoms with Crippen molar-refractivity contribution in [3.05, 3.63) is 180 Å². The van der Waals surface area contributed by atoms with Crippen molar-refractivity contribution >= 4 is 68.0 Å². The van der Waals surface area contributed by atoms with Crippen molar-refractivity contribution < 1.29 is 53.4 Å². The van der Waals surface area contributed by atoms with E-state index in [1.807, 2.05) is 58.3 Å². The van der Waals surface area contributed by atoms with Crippen LogP contribution in [0.15, 0.2) is 118 Å². The Morgan fingerprint density at radius 2 is 0.651 bits per heavy atom. The second kappa shape index (κ2) is 45.1. The molecule has 0 aliphatic carbocycles. The van der Waals surface area contributed by atoms with Crippen LogP contribution in [-0.4, -0.2) is 25.3 Å². The Bertz CT molecular complexity index is 3460. The Morgan fingerprint density at radius 3 is 0.927 bits per heavy atom. The largest absolute Gasteiger partial charge is 0.466 e. The molecule has 1 aliphatic rings. The van der Waals surface area contributed by atoms with Gasteiger partial charge >= 0.3 is 18.5 Å². The SMILES string of the molecule is CC(C)C(c1cccs1)C(F)(F)F.CC(C)[C@@H](c1ccc2c(c1)OCO2)C(C)(C)C.CC[C@H](c1ccc(C)s1)C(C)C.CC[C@H](c1cccs1)C(C)C.Cc1ccc(C(C(C)C)C(F)(F)F)s1.Cc1ccc([C@H](C(C)C)C(C)(C)C)s1.Cc1ccc([C@H](C(C)C)C(C)(C)C)s1.Cc1ccc([C@H](C(C)C)C(F)(F)F)o1. The number of thiophene rings is 6. The molecule has 2 unspecified atom stereocenters. The lowest BCUT2D eigenvalue weighted by molar-refractivity contribution is -0.163. The Hall–Kier alpha value is -4.33. The van der Waals surface area contributed by atoms with Gasteiger partial charge in [-0.1, -0.05) is 205 Å². The third-order valence-electron chi connectivity index (χ3n) is 19.3. The summed E-state index contributed by atoms with van der Waals surface area (Å²) in [6, 6.07) is 33.8. The normalized spacial score (nSPS) is 14.8. The molecule has 0 bridgehead atoms. The number of aryl methyl sites for hydroxylation is 5. The van der Waals surface area contributed by atoms with Gasteiger partial charge in [0.1, 0.15) is 17.4 Å². The van der Waals surface area contributed by atoms with Crippen LogP contribution < -0.4 is 9.47 Å². The molecule has 1 aromatic carbocycles. The molecule has 0 spiro atoms. The van der Waals surface area contributed by atoms with Crippen LogP contribution in [0.4, 0.5) is 39.5 Å². The summed E-state index contributed by atoms with van der Waals surface area (Å²) in [6.45, 7) is 68.4. The molecule has 1 aliphatic heterocycles. The van der Waals surface area contributed by atoms with Gasteiger partial charge in [0.2, 0.25) is 6.79 Å². The predicted octanol–water partition coefficient (Wildman–Crippen LogP) is 34.3. The smallest absolute Gasteiger partial charge is 0.399 e. The van der Waals surface area contributed by atoms with Gasteiger partial charge < -0.3 is 13.9 Å². The average Bonchev–Trinajstić information content (AvgIpc) is 1.36. The predicted molar refractivity (Wildman–Crippen MR) is 459 cm³/mol. The van der Waals surface area contributed by atoms with Crippen molar-refractivity contribution in [2.75, 3.05) is 6.79 Å². The lowest BCUT2D eigenvalue weighted by atomic mass is 9.70. The highest BCUT2D eigenvalue weighted by molar-refractivity contribution is 7.13. The molecule has 109 heavy (non-hydrogen) atoms. The van der Waals surface area contributed by atoms with E-state index in [2.05, 4.69) is 232 Å². The third-order valence-corrected chi connectivity index (χ3v) is 25.6. The van der Waals surface area contributed by atoms with E-state index in [9.17, 15) is 39.5 Å². The molecule has 0 fully saturated rings. The Kier molecular flexibility index (Phi) is 41.7. The maximum atomic E-state index is 12.7. The van der Waals surface area contributed by atoms with Crippen LogP contribution in [0.2, 0.25) is 0 Å². The number of benzene rings is 1. The van der Waals surface area contributed by atoms with Gasteiger partial charge in [-0.15, -0.1) is 68.0 Å². The first kappa shape index (κ1) is 101. The van der Waals surface area contributed by atoms with Crippen LogP contribution in [0.25, 0.3) is 0 Å². The van der Waals surface area contributed by atoms with Crippen LogP contribution in [0.1, 0.15) is 313 Å². The van der Waals surface area contributed by atoms with E-state index in [-0.39, 0.29) is 11.2 Å². The zero-order valence-electron chi connectivity index (χ0n) is 71.9. The maximum Gasteiger partial charge on any atom is 0.399 e. The molecule has 18 heteroatoms. The van der Waals surface area contributed by atoms with Crippen LogP contribution in [0.5, 0.6) is 11.5 Å². The molecule has 9 rings (SSSR count). The lowest BCUT2D eigenvalue weighted by Gasteiger charge is -2.34. The van der Waals surface area contributed by atoms with Crippen molar-refractivity contribution in [3.8, 4) is 11.5 Å². The number of fused-ring (bicyclic) bond motifs is 1. The number of halogens is 9. The zero-order valence-corrected chi connectivity index (χ0v) is 76.8. The minimum Gasteiger partial charge on any atom is -0.466 e. The molecule has 8 atom stereocenters. The topological polar surface area (TPSA) is 31.6 Å². The van der Waals surface area contributed by atoms with Gasteiger partial charge in [0.15, 0.2) is 11.5 Å². The summed E-state index contributed by atoms with van der Waals surface area (Å²) in [5.41, 5.74) is 2.33. The van der Waals surface area contributed by atoms with Gasteiger partial charge in [0.25, 0.3) is 0 Å². The molecule has 0 amide bonds. The van der Waals surface area contributed by atoms with Crippen molar-refractivity contribution in [2.24, 2.45) is 63.6 Å². The first-order valence-corrected chi connectivity index (χ1v) is 44.0. The molecule has 0 N–H and O–H groups in total. The summed E-state index contributed by atoms with van der Waals surface area (Å²) in [6.07, 6.45) is -9.97. The lowest BCUT2D eigenvalue weighted by Crippen LogP contribution is -2.24. The summed E-state index contributed by atoms with van der Waals surface area (Å²) in [4.78, 5) is 12.2. The van der Waals surface area contributed by atoms with E-state index < -0.39 is 54.0 Å². The van der Waals surface area contributed by atoms with Gasteiger partial charge in [-0.05, 0) is 230 Å². The van der Waals surface area contributed by atoms with Crippen molar-refractivity contribution in [1.82, 2.24) is 0 Å². The summed E-state index contributed by atoms with van der Waals surface area (Å²) < 4.78 is 129. The Labute approximate surface area is 678 Å². The van der Waals surface area contributed by atoms with Crippen LogP contribution in [0.3, 0.4) is 0 Å². The highest BCUT2D eigenvalue weighted by Gasteiger charge is 2.46. The molecule has 618 valence electrons. The first-order valence-electron chi connectivity index (χ1n) is 39.0. The maximum absolute atomic E-state index is 12.7. The first-order chi connectivity index (χ1) is 50.0. The summed E-state index contributed by atoms with van der Waals surface area (Å²) >= 11 is 10.1. The fourth-order valence-corrected chi connectivity index (χ4v) is 22.5. The monoisotopic (exact) mass is 1640 g/mol. The number of furan rings is 1. The van der Waals surface area contributed by atoms with Crippen LogP contribution in [0, 0.1) is 98.2 Å². The Morgan fingerprint density at radius 1 is 0.330 bits per heavy atom. The minimum absolute atomic E-state index is 0.00463. The van der Waals surface area contributed by atoms with E-state index >= 15 is 0 Å². The zero-order chi connectivity index (χ0) is 83.8. The molecule has 7 aromatic heterocycles. The van der Waals surface area contributed by atoms with Crippen LogP contribution >= 0.6 is 68.0 Å². The van der Waals surface area contributed by atoms with Gasteiger partial charge in [-0.25, -0.2) is 0 Å². The second-order valence-corrected chi connectivity index (χ2v) is 42.2. The van der Waals surface area contributed by atoms with E-state index in [0.717, 1.165) is 40.0 Å². The van der Waals surface area contributed by atoms with Gasteiger partial charge in [0.05, 0.1) is 11.8 Å². The van der Waals surface area contributed by atoms with Gasteiger partial charge in [0, 0.05) is 60.6 Å². The van der Waals surface area contributed by atoms with Crippen molar-refractivity contribution in [2.45, 2.75) is 300 Å². The second-order valence-electron chi connectivity index (χ2n) is 35.0. The molecule has 3 nitrogen and oxygen atoms in total. The van der Waals surface area contributed by atoms with Gasteiger partial charge in [-0.3, -0.25) is 0 Å². The number of hydrogen-bond acceptors (Lipinski definition) is 9. The standard InChI is InChI=1S/C15H22O2.2C13H22S.C11H18S.C10H13F3O.C10H13F3S.C10H16S.C9H11F3S/c1-10(2)14(15(3,4)5)11-6-7-12-13(8-11)17-9-16-12;2*1-9(2)12(13(4,5)6)11-8-7-10(3)14-11;1-5-10(8(2)3)11-7-6-9(4)12-11;2*1-6(2)9(10(11,12)13)8-5-4-7(3)14-8;1-4-9(8(2)3)10-6-5-7-11-10;1-6(2)8(9(10,11)12)7-4-3-5-13-7/h6-8,10,14H,9H2,1-5H3;2*7-9,12H,1-6H3;6-8,10H,5H2,1-4H3;2*4-6,9H,1-3H3;5-9H,4H2,1-3H3;3-6,8H,1-2H3/t14-;2*12-;10-;9-;;9-;/m00000.0./s1. The minimum atomic E-state index is -4.24. The number of alkyl halides is 9. The van der Waals surface area contributed by atoms with E-state index in [4.69, 9.17) is 13.9 Å². The molecule has 8 aromatic rings. The molecule has 0 saturated heterocycles. The third kappa shape index (κ3) is 33.9. The number of ether oxygens (including phenoxy) is 2. The quantitative estimate of drug-likeness (QED) is 0.0803. The van der Waals surface area contributed by atoms with Gasteiger partial charge in [-0.2, -0.15) is 39.5 Å². The highest BCUT2D eigenvalue weighted by Crippen LogP contribution is 2.49. The van der Waals surface area contributed by atoms with E-state index in [0.29, 0.717) is 68.6 Å². The summed E-state index contributed by atoms with van der Waals surface area (Å²) in [5, 5.41) is 3.84. The number of rotatable bonds is 18. The number of hydrogen-bond donors (Lipinski definition) is 0. The van der Waals surface area contributed by atoms with Crippen LogP contribution in [-0.2, 0) is 0 Å².